The molecule has 1 aliphatic rings. The van der Waals surface area contributed by atoms with Crippen LogP contribution < -0.4 is 19.1 Å². The Kier molecular flexibility index (Phi) is 7.74. The van der Waals surface area contributed by atoms with E-state index in [-0.39, 0.29) is 30.0 Å². The van der Waals surface area contributed by atoms with Crippen molar-refractivity contribution in [3.63, 3.8) is 0 Å². The highest BCUT2D eigenvalue weighted by Crippen LogP contribution is 2.40. The molecule has 1 N–H and O–H groups in total. The molecule has 0 saturated heterocycles. The third-order valence-corrected chi connectivity index (χ3v) is 8.38. The van der Waals surface area contributed by atoms with Crippen molar-refractivity contribution in [3.05, 3.63) is 82.9 Å². The zero-order chi connectivity index (χ0) is 27.7. The smallest absolute Gasteiger partial charge is 0.264 e. The molecule has 1 heterocycles. The van der Waals surface area contributed by atoms with Gasteiger partial charge in [-0.05, 0) is 67.6 Å². The number of carbonyl (C=O) groups is 1. The fourth-order valence-electron chi connectivity index (χ4n) is 4.33. The molecule has 0 unspecified atom stereocenters. The molecule has 3 aromatic carbocycles. The van der Waals surface area contributed by atoms with Crippen LogP contribution in [0.4, 0.5) is 5.69 Å². The van der Waals surface area contributed by atoms with Crippen LogP contribution in [0.3, 0.4) is 0 Å². The Bertz CT molecular complexity index is 1430. The summed E-state index contributed by atoms with van der Waals surface area (Å²) in [5.74, 6) is 0.716. The van der Waals surface area contributed by atoms with Crippen molar-refractivity contribution in [1.82, 2.24) is 5.32 Å². The summed E-state index contributed by atoms with van der Waals surface area (Å²) < 4.78 is 40.7. The molecule has 0 radical (unpaired) electrons. The summed E-state index contributed by atoms with van der Waals surface area (Å²) in [5, 5.41) is 2.83. The fourth-order valence-corrected chi connectivity index (χ4v) is 5.80. The zero-order valence-electron chi connectivity index (χ0n) is 22.9. The molecular weight excluding hydrogens is 500 g/mol. The van der Waals surface area contributed by atoms with E-state index >= 15 is 0 Å². The fraction of sp³-hybridized carbons (Fsp3) is 0.367. The van der Waals surface area contributed by atoms with Gasteiger partial charge < -0.3 is 14.8 Å². The molecule has 0 fully saturated rings. The van der Waals surface area contributed by atoms with E-state index in [2.05, 4.69) is 26.1 Å². The number of ether oxygens (including phenoxy) is 2. The molecule has 38 heavy (non-hydrogen) atoms. The van der Waals surface area contributed by atoms with Gasteiger partial charge in [0.15, 0.2) is 6.10 Å². The first-order valence-electron chi connectivity index (χ1n) is 12.7. The van der Waals surface area contributed by atoms with E-state index in [0.717, 1.165) is 28.0 Å². The summed E-state index contributed by atoms with van der Waals surface area (Å²) in [6.45, 7) is 12.5. The Morgan fingerprint density at radius 2 is 1.68 bits per heavy atom. The highest BCUT2D eigenvalue weighted by molar-refractivity contribution is 7.92. The maximum Gasteiger partial charge on any atom is 0.264 e. The second kappa shape index (κ2) is 10.7. The van der Waals surface area contributed by atoms with Gasteiger partial charge >= 0.3 is 0 Å². The first-order chi connectivity index (χ1) is 17.9. The lowest BCUT2D eigenvalue weighted by atomic mass is 9.86. The van der Waals surface area contributed by atoms with Crippen LogP contribution >= 0.6 is 0 Å². The largest absolute Gasteiger partial charge is 0.491 e. The number of anilines is 1. The van der Waals surface area contributed by atoms with Crippen molar-refractivity contribution >= 4 is 21.6 Å². The summed E-state index contributed by atoms with van der Waals surface area (Å²) in [6, 6.07) is 18.1. The van der Waals surface area contributed by atoms with Crippen LogP contribution in [-0.2, 0) is 20.2 Å². The molecule has 202 valence electrons. The summed E-state index contributed by atoms with van der Waals surface area (Å²) in [6.07, 6.45) is -1.01. The Hall–Kier alpha value is -3.52. The molecule has 4 rings (SSSR count). The third kappa shape index (κ3) is 5.96. The van der Waals surface area contributed by atoms with Gasteiger partial charge in [0.05, 0.1) is 23.7 Å². The van der Waals surface area contributed by atoms with E-state index < -0.39 is 22.0 Å². The average Bonchev–Trinajstić information content (AvgIpc) is 2.86. The molecule has 0 bridgehead atoms. The Morgan fingerprint density at radius 1 is 1.00 bits per heavy atom. The molecule has 8 heteroatoms. The van der Waals surface area contributed by atoms with Crippen molar-refractivity contribution in [1.29, 1.82) is 0 Å². The highest BCUT2D eigenvalue weighted by Gasteiger charge is 2.38. The number of nitrogens with one attached hydrogen (secondary N) is 1. The summed E-state index contributed by atoms with van der Waals surface area (Å²) >= 11 is 0. The molecule has 3 aromatic rings. The zero-order valence-corrected chi connectivity index (χ0v) is 23.7. The quantitative estimate of drug-likeness (QED) is 0.427. The van der Waals surface area contributed by atoms with E-state index in [1.807, 2.05) is 51.1 Å². The molecule has 0 spiro atoms. The van der Waals surface area contributed by atoms with Crippen molar-refractivity contribution < 1.29 is 22.7 Å². The predicted octanol–water partition coefficient (Wildman–Crippen LogP) is 5.06. The van der Waals surface area contributed by atoms with Gasteiger partial charge in [0.25, 0.3) is 15.9 Å². The molecule has 1 aliphatic heterocycles. The van der Waals surface area contributed by atoms with Crippen molar-refractivity contribution in [3.8, 4) is 11.5 Å². The normalized spacial score (nSPS) is 15.4. The van der Waals surface area contributed by atoms with Crippen LogP contribution in [0.1, 0.15) is 43.0 Å². The molecule has 1 atom stereocenters. The lowest BCUT2D eigenvalue weighted by Gasteiger charge is -2.36. The Morgan fingerprint density at radius 3 is 2.34 bits per heavy atom. The van der Waals surface area contributed by atoms with E-state index in [9.17, 15) is 13.2 Å². The molecular formula is C30H36N2O5S. The Labute approximate surface area is 225 Å². The van der Waals surface area contributed by atoms with Crippen LogP contribution in [0.5, 0.6) is 11.5 Å². The topological polar surface area (TPSA) is 84.9 Å². The number of nitrogens with zero attached hydrogens (tertiary/aromatic N) is 1. The van der Waals surface area contributed by atoms with E-state index in [1.54, 1.807) is 30.3 Å². The number of hydrogen-bond donors (Lipinski definition) is 1. The number of sulfonamides is 1. The number of benzene rings is 3. The lowest BCUT2D eigenvalue weighted by molar-refractivity contribution is -0.127. The minimum absolute atomic E-state index is 0.138. The lowest BCUT2D eigenvalue weighted by Crippen LogP contribution is -2.51. The first-order valence-corrected chi connectivity index (χ1v) is 14.2. The number of amides is 1. The maximum absolute atomic E-state index is 13.8. The van der Waals surface area contributed by atoms with Gasteiger partial charge in [0, 0.05) is 0 Å². The van der Waals surface area contributed by atoms with Gasteiger partial charge in [-0.25, -0.2) is 8.42 Å². The van der Waals surface area contributed by atoms with Crippen molar-refractivity contribution in [2.24, 2.45) is 0 Å². The third-order valence-electron chi connectivity index (χ3n) is 6.59. The number of fused-ring (bicyclic) bond motifs is 1. The molecule has 0 saturated carbocycles. The van der Waals surface area contributed by atoms with Crippen LogP contribution in [0.2, 0.25) is 0 Å². The molecule has 0 aliphatic carbocycles. The first kappa shape index (κ1) is 27.5. The van der Waals surface area contributed by atoms with Crippen LogP contribution in [-0.4, -0.2) is 40.1 Å². The van der Waals surface area contributed by atoms with Crippen LogP contribution in [0, 0.1) is 20.8 Å². The Balaban J connectivity index is 1.55. The van der Waals surface area contributed by atoms with Crippen LogP contribution in [0.25, 0.3) is 0 Å². The minimum Gasteiger partial charge on any atom is -0.491 e. The molecule has 1 amide bonds. The summed E-state index contributed by atoms with van der Waals surface area (Å²) in [4.78, 5) is 13.3. The second-order valence-corrected chi connectivity index (χ2v) is 12.7. The standard InChI is InChI=1S/C30H36N2O5S/c1-20-7-11-24(12-8-20)38(34,35)32-19-28(37-27-14-10-23(18-25(27)32)30(4,5)6)29(33)31-15-16-36-26-13-9-21(2)17-22(26)3/h7-14,17-18,28H,15-16,19H2,1-6H3,(H,31,33)/t28-/m0/s1. The maximum atomic E-state index is 13.8. The number of hydrogen-bond acceptors (Lipinski definition) is 5. The van der Waals surface area contributed by atoms with Gasteiger partial charge in [-0.3, -0.25) is 9.10 Å². The van der Waals surface area contributed by atoms with Gasteiger partial charge in [0.1, 0.15) is 18.1 Å². The number of rotatable bonds is 7. The van der Waals surface area contributed by atoms with Gasteiger partial charge in [0.2, 0.25) is 0 Å². The van der Waals surface area contributed by atoms with Crippen molar-refractivity contribution in [2.45, 2.75) is 58.0 Å². The number of carbonyl (C=O) groups excluding carboxylic acids is 1. The van der Waals surface area contributed by atoms with E-state index in [0.29, 0.717) is 11.4 Å². The van der Waals surface area contributed by atoms with Gasteiger partial charge in [-0.2, -0.15) is 0 Å². The monoisotopic (exact) mass is 536 g/mol. The SMILES string of the molecule is Cc1ccc(S(=O)(=O)N2C[C@@H](C(=O)NCCOc3ccc(C)cc3C)Oc3ccc(C(C)(C)C)cc32)cc1. The van der Waals surface area contributed by atoms with Gasteiger partial charge in [-0.1, -0.05) is 62.2 Å². The second-order valence-electron chi connectivity index (χ2n) is 10.8. The predicted molar refractivity (Wildman–Crippen MR) is 150 cm³/mol. The van der Waals surface area contributed by atoms with E-state index in [1.165, 1.54) is 4.31 Å². The summed E-state index contributed by atoms with van der Waals surface area (Å²) in [5.41, 5.74) is 4.34. The van der Waals surface area contributed by atoms with E-state index in [4.69, 9.17) is 9.47 Å². The van der Waals surface area contributed by atoms with Crippen LogP contribution in [0.15, 0.2) is 65.6 Å². The average molecular weight is 537 g/mol. The molecule has 7 nitrogen and oxygen atoms in total. The minimum atomic E-state index is -3.94. The van der Waals surface area contributed by atoms with Crippen molar-refractivity contribution in [2.75, 3.05) is 24.0 Å². The molecule has 0 aromatic heterocycles. The van der Waals surface area contributed by atoms with Gasteiger partial charge in [-0.15, -0.1) is 0 Å². The summed E-state index contributed by atoms with van der Waals surface area (Å²) in [7, 11) is -3.94. The number of aryl methyl sites for hydroxylation is 3. The highest BCUT2D eigenvalue weighted by atomic mass is 32.2.